The second kappa shape index (κ2) is 16.0. The van der Waals surface area contributed by atoms with Crippen LogP contribution in [0.5, 0.6) is 5.75 Å². The van der Waals surface area contributed by atoms with Crippen molar-refractivity contribution in [2.75, 3.05) is 6.61 Å². The zero-order chi connectivity index (χ0) is 39.9. The van der Waals surface area contributed by atoms with Crippen molar-refractivity contribution < 1.29 is 28.8 Å². The quantitative estimate of drug-likeness (QED) is 0.0793. The maximum absolute atomic E-state index is 14.4. The van der Waals surface area contributed by atoms with Crippen molar-refractivity contribution in [3.8, 4) is 5.75 Å². The van der Waals surface area contributed by atoms with E-state index >= 15 is 0 Å². The summed E-state index contributed by atoms with van der Waals surface area (Å²) in [6.07, 6.45) is 3.60. The van der Waals surface area contributed by atoms with E-state index in [2.05, 4.69) is 82.3 Å². The number of likely N-dealkylation sites (tertiary alicyclic amines) is 1. The fourth-order valence-electron chi connectivity index (χ4n) is 9.76. The van der Waals surface area contributed by atoms with E-state index in [0.717, 1.165) is 37.9 Å². The Kier molecular flexibility index (Phi) is 11.0. The Labute approximate surface area is 340 Å². The zero-order valence-corrected chi connectivity index (χ0v) is 34.9. The summed E-state index contributed by atoms with van der Waals surface area (Å²) in [5, 5.41) is 27.7. The van der Waals surface area contributed by atoms with Crippen LogP contribution in [-0.2, 0) is 25.2 Å². The molecule has 0 bridgehead atoms. The fraction of sp³-hybridized carbons (Fsp3) is 0.319. The van der Waals surface area contributed by atoms with Gasteiger partial charge in [-0.1, -0.05) is 129 Å². The smallest absolute Gasteiger partial charge is 0.455 e. The first-order chi connectivity index (χ1) is 27.5. The molecule has 0 spiro atoms. The standard InChI is InChI=1S/C47H50BNO6SSi/c1-31(26-32-22-23-41(50)38-20-12-11-19-37(32)38)21-24-42-43-33(30-54-57(47(2,3)4,35-15-7-5-8-16-35)36-17-9-6-10-18-36)27-39-44(40(43)28-48(53)55-42)46(52)49(45(39)51)29-34-14-13-25-56-34/h5-20,22-23,25-26,39-40,42,44,50,53H,21,24,27-30H2,1-4H3/b31-26+/t39-,40+,42-,44-/m1/s1. The minimum atomic E-state index is -2.96. The van der Waals surface area contributed by atoms with Gasteiger partial charge >= 0.3 is 7.12 Å². The van der Waals surface area contributed by atoms with E-state index in [-0.39, 0.29) is 41.4 Å². The number of rotatable bonds is 11. The Morgan fingerprint density at radius 1 is 0.895 bits per heavy atom. The Hall–Kier alpha value is -4.58. The van der Waals surface area contributed by atoms with Gasteiger partial charge in [0.15, 0.2) is 0 Å². The molecule has 5 aromatic rings. The van der Waals surface area contributed by atoms with Gasteiger partial charge in [-0.25, -0.2) is 0 Å². The highest BCUT2D eigenvalue weighted by Crippen LogP contribution is 2.51. The largest absolute Gasteiger partial charge is 0.507 e. The monoisotopic (exact) mass is 795 g/mol. The molecule has 1 aliphatic carbocycles. The van der Waals surface area contributed by atoms with E-state index in [9.17, 15) is 19.7 Å². The van der Waals surface area contributed by atoms with Crippen LogP contribution in [0.15, 0.2) is 131 Å². The van der Waals surface area contributed by atoms with E-state index in [1.165, 1.54) is 15.3 Å². The van der Waals surface area contributed by atoms with E-state index in [1.807, 2.05) is 60.0 Å². The summed E-state index contributed by atoms with van der Waals surface area (Å²) < 4.78 is 14.0. The number of hydrogen-bond acceptors (Lipinski definition) is 7. The summed E-state index contributed by atoms with van der Waals surface area (Å²) in [6, 6.07) is 36.5. The molecule has 2 aliphatic heterocycles. The second-order valence-corrected chi connectivity index (χ2v) is 22.2. The molecule has 57 heavy (non-hydrogen) atoms. The van der Waals surface area contributed by atoms with Crippen LogP contribution in [0.4, 0.5) is 0 Å². The molecular formula is C47H50BNO6SSi. The molecule has 0 saturated carbocycles. The Morgan fingerprint density at radius 2 is 1.56 bits per heavy atom. The Morgan fingerprint density at radius 3 is 2.21 bits per heavy atom. The lowest BCUT2D eigenvalue weighted by Gasteiger charge is -2.46. The van der Waals surface area contributed by atoms with Gasteiger partial charge in [0.2, 0.25) is 11.8 Å². The van der Waals surface area contributed by atoms with Gasteiger partial charge in [-0.2, -0.15) is 0 Å². The average molecular weight is 796 g/mol. The van der Waals surface area contributed by atoms with Gasteiger partial charge in [0, 0.05) is 10.3 Å². The number of imide groups is 1. The van der Waals surface area contributed by atoms with E-state index < -0.39 is 33.4 Å². The van der Waals surface area contributed by atoms with Gasteiger partial charge in [0.05, 0.1) is 31.1 Å². The number of aromatic hydroxyl groups is 1. The average Bonchev–Trinajstić information content (AvgIpc) is 3.81. The van der Waals surface area contributed by atoms with E-state index in [0.29, 0.717) is 25.9 Å². The van der Waals surface area contributed by atoms with Gasteiger partial charge in [0.25, 0.3) is 8.32 Å². The van der Waals surface area contributed by atoms with Crippen LogP contribution in [-0.4, -0.2) is 55.0 Å². The van der Waals surface area contributed by atoms with E-state index in [4.69, 9.17) is 9.08 Å². The molecule has 2 N–H and O–H groups in total. The van der Waals surface area contributed by atoms with Crippen LogP contribution < -0.4 is 10.4 Å². The highest BCUT2D eigenvalue weighted by atomic mass is 32.1. The Bertz CT molecular complexity index is 2280. The third kappa shape index (κ3) is 7.38. The first kappa shape index (κ1) is 39.3. The summed E-state index contributed by atoms with van der Waals surface area (Å²) in [5.41, 5.74) is 4.17. The number of hydrogen-bond donors (Lipinski definition) is 2. The molecule has 2 saturated heterocycles. The number of phenolic OH excluding ortho intramolecular Hbond substituents is 1. The number of benzene rings is 4. The SMILES string of the molecule is C/C(=C\c1ccc(O)c2ccccc12)CC[C@H]1OB(O)C[C@H]2C1=C(CO[Si](c1ccccc1)(c1ccccc1)C(C)(C)C)C[C@H]1C(=O)N(Cc3cccs3)C(=O)[C@H]12. The van der Waals surface area contributed by atoms with Crippen LogP contribution in [0.2, 0.25) is 11.4 Å². The molecule has 7 nitrogen and oxygen atoms in total. The normalized spacial score (nSPS) is 21.7. The van der Waals surface area contributed by atoms with Crippen molar-refractivity contribution >= 4 is 65.8 Å². The van der Waals surface area contributed by atoms with Crippen molar-refractivity contribution in [3.63, 3.8) is 0 Å². The van der Waals surface area contributed by atoms with Crippen molar-refractivity contribution in [3.05, 3.63) is 142 Å². The minimum Gasteiger partial charge on any atom is -0.507 e. The molecule has 1 aromatic heterocycles. The summed E-state index contributed by atoms with van der Waals surface area (Å²) >= 11 is 1.54. The number of amides is 2. The second-order valence-electron chi connectivity index (χ2n) is 16.9. The van der Waals surface area contributed by atoms with Gasteiger partial charge < -0.3 is 19.2 Å². The molecular weight excluding hydrogens is 745 g/mol. The lowest BCUT2D eigenvalue weighted by molar-refractivity contribution is -0.140. The first-order valence-corrected chi connectivity index (χ1v) is 22.8. The van der Waals surface area contributed by atoms with Gasteiger partial charge in [-0.3, -0.25) is 14.5 Å². The number of nitrogens with zero attached hydrogens (tertiary/aromatic N) is 1. The number of thiophene rings is 1. The third-order valence-corrected chi connectivity index (χ3v) is 18.2. The van der Waals surface area contributed by atoms with Crippen LogP contribution in [0.3, 0.4) is 0 Å². The van der Waals surface area contributed by atoms with Crippen molar-refractivity contribution in [1.29, 1.82) is 0 Å². The number of carbonyl (C=O) groups is 2. The summed E-state index contributed by atoms with van der Waals surface area (Å²) in [6.45, 7) is 9.42. The third-order valence-electron chi connectivity index (χ3n) is 12.3. The molecule has 0 unspecified atom stereocenters. The first-order valence-electron chi connectivity index (χ1n) is 20.0. The lowest BCUT2D eigenvalue weighted by atomic mass is 9.58. The molecule has 4 atom stereocenters. The zero-order valence-electron chi connectivity index (χ0n) is 33.1. The molecule has 10 heteroatoms. The van der Waals surface area contributed by atoms with Crippen LogP contribution in [0, 0.1) is 17.8 Å². The topological polar surface area (TPSA) is 96.3 Å². The molecule has 2 amide bonds. The Balaban J connectivity index is 1.18. The maximum Gasteiger partial charge on any atom is 0.455 e. The van der Waals surface area contributed by atoms with Crippen LogP contribution in [0.25, 0.3) is 16.8 Å². The van der Waals surface area contributed by atoms with Crippen molar-refractivity contribution in [1.82, 2.24) is 4.90 Å². The molecule has 2 fully saturated rings. The number of phenols is 1. The summed E-state index contributed by atoms with van der Waals surface area (Å²) in [5.74, 6) is -1.50. The molecule has 3 aliphatic rings. The van der Waals surface area contributed by atoms with Crippen LogP contribution in [0.1, 0.15) is 57.4 Å². The summed E-state index contributed by atoms with van der Waals surface area (Å²) in [4.78, 5) is 31.1. The molecule has 8 rings (SSSR count). The number of allylic oxidation sites excluding steroid dienone is 1. The predicted molar refractivity (Wildman–Crippen MR) is 232 cm³/mol. The molecule has 4 aromatic carbocycles. The minimum absolute atomic E-state index is 0.141. The van der Waals surface area contributed by atoms with Crippen molar-refractivity contribution in [2.24, 2.45) is 17.8 Å². The molecule has 292 valence electrons. The fourth-order valence-corrected chi connectivity index (χ4v) is 15.0. The molecule has 0 radical (unpaired) electrons. The van der Waals surface area contributed by atoms with Crippen molar-refractivity contribution in [2.45, 2.75) is 71.0 Å². The van der Waals surface area contributed by atoms with Gasteiger partial charge in [-0.15, -0.1) is 11.3 Å². The lowest BCUT2D eigenvalue weighted by Crippen LogP contribution is -2.66. The highest BCUT2D eigenvalue weighted by molar-refractivity contribution is 7.09. The van der Waals surface area contributed by atoms with E-state index in [1.54, 1.807) is 17.4 Å². The summed E-state index contributed by atoms with van der Waals surface area (Å²) in [7, 11) is -4.03. The van der Waals surface area contributed by atoms with Gasteiger partial charge in [0.1, 0.15) is 5.75 Å². The number of carbonyl (C=O) groups excluding carboxylic acids is 2. The van der Waals surface area contributed by atoms with Gasteiger partial charge in [-0.05, 0) is 93.4 Å². The number of fused-ring (bicyclic) bond motifs is 4. The van der Waals surface area contributed by atoms with Crippen LogP contribution >= 0.6 is 11.3 Å². The highest BCUT2D eigenvalue weighted by Gasteiger charge is 2.58. The predicted octanol–water partition coefficient (Wildman–Crippen LogP) is 8.36. The maximum atomic E-state index is 14.4. The molecule has 3 heterocycles.